The van der Waals surface area contributed by atoms with Crippen LogP contribution in [0.15, 0.2) is 0 Å². The summed E-state index contributed by atoms with van der Waals surface area (Å²) in [7, 11) is -5.02. The Morgan fingerprint density at radius 2 is 1.86 bits per heavy atom. The van der Waals surface area contributed by atoms with Gasteiger partial charge in [-0.15, -0.1) is 5.06 Å². The van der Waals surface area contributed by atoms with E-state index in [-0.39, 0.29) is 64.2 Å². The molecule has 0 aliphatic carbocycles. The molecule has 0 aromatic rings. The van der Waals surface area contributed by atoms with Crippen molar-refractivity contribution < 1.29 is 96.4 Å². The molecule has 0 aromatic heterocycles. The van der Waals surface area contributed by atoms with E-state index in [4.69, 9.17) is 5.41 Å². The van der Waals surface area contributed by atoms with Crippen LogP contribution in [0.3, 0.4) is 0 Å². The zero-order valence-corrected chi connectivity index (χ0v) is 16.1. The fraction of sp³-hybridized carbons (Fsp3) is 0.500. The molecule has 10 nitrogen and oxygen atoms in total. The number of amides is 2. The van der Waals surface area contributed by atoms with Crippen LogP contribution in [-0.2, 0) is 29.3 Å². The van der Waals surface area contributed by atoms with Crippen LogP contribution in [-0.4, -0.2) is 47.0 Å². The van der Waals surface area contributed by atoms with E-state index < -0.39 is 58.3 Å². The van der Waals surface area contributed by atoms with Crippen LogP contribution in [0.25, 0.3) is 0 Å². The van der Waals surface area contributed by atoms with Crippen molar-refractivity contribution in [2.45, 2.75) is 24.5 Å². The predicted octanol–water partition coefficient (Wildman–Crippen LogP) is -8.76. The molecule has 0 spiro atoms. The summed E-state index contributed by atoms with van der Waals surface area (Å²) < 4.78 is 32.0. The minimum Gasteiger partial charge on any atom is -0.862 e. The van der Waals surface area contributed by atoms with Crippen molar-refractivity contribution in [3.8, 4) is 0 Å². The fourth-order valence-corrected chi connectivity index (χ4v) is 1.96. The maximum Gasteiger partial charge on any atom is 1.00 e. The molecule has 1 aliphatic rings. The molecule has 1 fully saturated rings. The Balaban J connectivity index is 0. The van der Waals surface area contributed by atoms with Gasteiger partial charge >= 0.3 is 65.1 Å². The molecular formula is C8H8N2Na2O8S. The van der Waals surface area contributed by atoms with Gasteiger partial charge in [-0.1, -0.05) is 0 Å². The van der Waals surface area contributed by atoms with Gasteiger partial charge in [0.2, 0.25) is 0 Å². The molecule has 0 radical (unpaired) electrons. The zero-order valence-electron chi connectivity index (χ0n) is 11.3. The van der Waals surface area contributed by atoms with Gasteiger partial charge in [0, 0.05) is 0 Å². The number of nitrogens with one attached hydrogen (secondary N) is 1. The van der Waals surface area contributed by atoms with E-state index >= 15 is 0 Å². The molecule has 1 N–H and O–H groups in total. The van der Waals surface area contributed by atoms with E-state index in [9.17, 15) is 32.5 Å². The second-order valence-corrected chi connectivity index (χ2v) is 5.15. The molecule has 13 heteroatoms. The van der Waals surface area contributed by atoms with Gasteiger partial charge < -0.3 is 19.9 Å². The molecule has 1 rings (SSSR count). The Morgan fingerprint density at radius 3 is 2.24 bits per heavy atom. The van der Waals surface area contributed by atoms with E-state index in [2.05, 4.69) is 4.84 Å². The topological polar surface area (TPSA) is 168 Å². The van der Waals surface area contributed by atoms with Crippen molar-refractivity contribution >= 4 is 33.8 Å². The molecule has 21 heavy (non-hydrogen) atoms. The second-order valence-electron chi connectivity index (χ2n) is 3.60. The third kappa shape index (κ3) is 6.74. The molecule has 1 atom stereocenters. The quantitative estimate of drug-likeness (QED) is 0.169. The van der Waals surface area contributed by atoms with Crippen molar-refractivity contribution in [3.05, 3.63) is 0 Å². The summed E-state index contributed by atoms with van der Waals surface area (Å²) in [6, 6.07) is 0. The number of hydroxylamine groups is 2. The number of carbonyl (C=O) groups is 3. The van der Waals surface area contributed by atoms with Gasteiger partial charge in [-0.25, -0.2) is 13.2 Å². The van der Waals surface area contributed by atoms with Gasteiger partial charge in [-0.3, -0.25) is 9.59 Å². The van der Waals surface area contributed by atoms with Gasteiger partial charge in [0.05, 0.1) is 12.8 Å². The average molecular weight is 338 g/mol. The van der Waals surface area contributed by atoms with Crippen LogP contribution >= 0.6 is 0 Å². The first-order chi connectivity index (χ1) is 8.62. The third-order valence-electron chi connectivity index (χ3n) is 2.16. The van der Waals surface area contributed by atoms with Gasteiger partial charge in [-0.2, -0.15) is 0 Å². The van der Waals surface area contributed by atoms with Gasteiger partial charge in [0.1, 0.15) is 15.4 Å². The summed E-state index contributed by atoms with van der Waals surface area (Å²) >= 11 is 0. The Labute approximate surface area is 164 Å². The van der Waals surface area contributed by atoms with Crippen LogP contribution in [0.5, 0.6) is 0 Å². The maximum atomic E-state index is 11.4. The SMILES string of the molecule is N=C([O-])CCC(=O)ON1C(=O)CC(S(=O)(=O)[O-])C1=O.[Na+].[Na+]. The average Bonchev–Trinajstić information content (AvgIpc) is 2.54. The summed E-state index contributed by atoms with van der Waals surface area (Å²) in [6.07, 6.45) is -1.91. The van der Waals surface area contributed by atoms with Crippen molar-refractivity contribution in [3.63, 3.8) is 0 Å². The van der Waals surface area contributed by atoms with E-state index in [0.29, 0.717) is 0 Å². The number of hydrogen-bond donors (Lipinski definition) is 1. The first kappa shape index (κ1) is 23.3. The molecule has 0 bridgehead atoms. The molecule has 2 amide bonds. The van der Waals surface area contributed by atoms with Gasteiger partial charge in [-0.05, 0) is 12.3 Å². The fourth-order valence-electron chi connectivity index (χ4n) is 1.27. The molecule has 1 unspecified atom stereocenters. The minimum absolute atomic E-state index is 0. The third-order valence-corrected chi connectivity index (χ3v) is 3.23. The zero-order chi connectivity index (χ0) is 14.8. The molecular weight excluding hydrogens is 330 g/mol. The summed E-state index contributed by atoms with van der Waals surface area (Å²) in [5.41, 5.74) is 0. The van der Waals surface area contributed by atoms with Crippen molar-refractivity contribution in [2.24, 2.45) is 0 Å². The van der Waals surface area contributed by atoms with Gasteiger partial charge in [0.25, 0.3) is 11.8 Å². The first-order valence-corrected chi connectivity index (χ1v) is 6.37. The molecule has 1 heterocycles. The smallest absolute Gasteiger partial charge is 0.862 e. The first-order valence-electron chi connectivity index (χ1n) is 4.89. The Bertz CT molecular complexity index is 548. The largest absolute Gasteiger partial charge is 1.00 e. The van der Waals surface area contributed by atoms with E-state index in [0.717, 1.165) is 0 Å². The van der Waals surface area contributed by atoms with Crippen LogP contribution in [0.2, 0.25) is 0 Å². The summed E-state index contributed by atoms with van der Waals surface area (Å²) in [6.45, 7) is 0. The van der Waals surface area contributed by atoms with Crippen LogP contribution in [0.4, 0.5) is 0 Å². The van der Waals surface area contributed by atoms with E-state index in [1.54, 1.807) is 0 Å². The van der Waals surface area contributed by atoms with Crippen LogP contribution < -0.4 is 64.2 Å². The van der Waals surface area contributed by atoms with Crippen molar-refractivity contribution in [1.29, 1.82) is 5.41 Å². The van der Waals surface area contributed by atoms with Crippen LogP contribution in [0, 0.1) is 5.41 Å². The van der Waals surface area contributed by atoms with Gasteiger partial charge in [0.15, 0.2) is 0 Å². The molecule has 106 valence electrons. The molecule has 1 saturated heterocycles. The van der Waals surface area contributed by atoms with Crippen molar-refractivity contribution in [2.75, 3.05) is 0 Å². The predicted molar refractivity (Wildman–Crippen MR) is 53.0 cm³/mol. The second kappa shape index (κ2) is 9.20. The summed E-state index contributed by atoms with van der Waals surface area (Å²) in [4.78, 5) is 38.0. The number of rotatable bonds is 5. The monoisotopic (exact) mass is 338 g/mol. The molecule has 0 saturated carbocycles. The normalized spacial score (nSPS) is 17.8. The van der Waals surface area contributed by atoms with E-state index in [1.165, 1.54) is 0 Å². The number of imide groups is 1. The Kier molecular flexibility index (Phi) is 10.2. The number of nitrogens with zero attached hydrogens (tertiary/aromatic N) is 1. The van der Waals surface area contributed by atoms with Crippen LogP contribution in [0.1, 0.15) is 19.3 Å². The summed E-state index contributed by atoms with van der Waals surface area (Å²) in [5.74, 6) is -4.78. The number of hydrogen-bond acceptors (Lipinski definition) is 9. The summed E-state index contributed by atoms with van der Waals surface area (Å²) in [5, 5.41) is 14.6. The minimum atomic E-state index is -5.02. The standard InChI is InChI=1S/C8H10N2O8S.2Na/c9-5(11)1-2-7(13)18-10-6(12)3-4(8(10)14)19(15,16)17;;/h4H,1-3H2,(H2,9,11)(H,15,16,17);;/q;2*+1/p-2. The van der Waals surface area contributed by atoms with E-state index in [1.807, 2.05) is 0 Å². The maximum absolute atomic E-state index is 11.4. The Morgan fingerprint density at radius 1 is 1.33 bits per heavy atom. The Hall–Kier alpha value is -0.0100. The molecule has 0 aromatic carbocycles. The van der Waals surface area contributed by atoms with Crippen molar-refractivity contribution in [1.82, 2.24) is 5.06 Å². The molecule has 1 aliphatic heterocycles. The number of carbonyl (C=O) groups excluding carboxylic acids is 3.